The van der Waals surface area contributed by atoms with E-state index in [-0.39, 0.29) is 0 Å². The van der Waals surface area contributed by atoms with Gasteiger partial charge in [0.05, 0.1) is 25.6 Å². The second-order valence-electron chi connectivity index (χ2n) is 6.11. The number of rotatable bonds is 4. The number of amides is 2. The van der Waals surface area contributed by atoms with E-state index < -0.39 is 11.8 Å². The molecule has 0 spiro atoms. The van der Waals surface area contributed by atoms with E-state index in [0.717, 1.165) is 11.4 Å². The van der Waals surface area contributed by atoms with Crippen LogP contribution in [0.1, 0.15) is 0 Å². The van der Waals surface area contributed by atoms with Gasteiger partial charge in [0, 0.05) is 26.2 Å². The smallest absolute Gasteiger partial charge is 0.314 e. The lowest BCUT2D eigenvalue weighted by molar-refractivity contribution is -0.143. The van der Waals surface area contributed by atoms with Crippen LogP contribution in [-0.2, 0) is 9.59 Å². The molecule has 0 saturated carbocycles. The Morgan fingerprint density at radius 2 is 1.44 bits per heavy atom. The van der Waals surface area contributed by atoms with Gasteiger partial charge in [0.25, 0.3) is 0 Å². The fourth-order valence-electron chi connectivity index (χ4n) is 3.11. The predicted octanol–water partition coefficient (Wildman–Crippen LogP) is 1.99. The minimum atomic E-state index is -0.662. The Hall–Kier alpha value is -3.22. The van der Waals surface area contributed by atoms with Crippen molar-refractivity contribution in [1.29, 1.82) is 0 Å². The number of piperazine rings is 1. The van der Waals surface area contributed by atoms with Crippen molar-refractivity contribution in [2.75, 3.05) is 50.6 Å². The second-order valence-corrected chi connectivity index (χ2v) is 6.11. The highest BCUT2D eigenvalue weighted by molar-refractivity contribution is 6.39. The second kappa shape index (κ2) is 8.44. The Labute approximate surface area is 158 Å². The maximum Gasteiger partial charge on any atom is 0.314 e. The highest BCUT2D eigenvalue weighted by Crippen LogP contribution is 2.28. The molecule has 1 fully saturated rings. The Bertz CT molecular complexity index is 816. The van der Waals surface area contributed by atoms with Crippen LogP contribution in [0.15, 0.2) is 48.5 Å². The van der Waals surface area contributed by atoms with E-state index in [1.165, 1.54) is 7.11 Å². The lowest BCUT2D eigenvalue weighted by Crippen LogP contribution is -2.51. The van der Waals surface area contributed by atoms with Gasteiger partial charge in [0.1, 0.15) is 11.5 Å². The van der Waals surface area contributed by atoms with E-state index in [4.69, 9.17) is 9.47 Å². The van der Waals surface area contributed by atoms with E-state index in [9.17, 15) is 9.59 Å². The zero-order valence-electron chi connectivity index (χ0n) is 15.5. The molecule has 2 aromatic rings. The minimum Gasteiger partial charge on any atom is -0.495 e. The first kappa shape index (κ1) is 18.6. The quantitative estimate of drug-likeness (QED) is 0.835. The van der Waals surface area contributed by atoms with Gasteiger partial charge >= 0.3 is 11.8 Å². The maximum absolute atomic E-state index is 12.5. The van der Waals surface area contributed by atoms with Crippen molar-refractivity contribution < 1.29 is 19.1 Å². The normalized spacial score (nSPS) is 13.9. The van der Waals surface area contributed by atoms with Crippen LogP contribution in [0.2, 0.25) is 0 Å². The predicted molar refractivity (Wildman–Crippen MR) is 103 cm³/mol. The molecule has 0 bridgehead atoms. The monoisotopic (exact) mass is 369 g/mol. The number of nitrogens with zero attached hydrogens (tertiary/aromatic N) is 2. The van der Waals surface area contributed by atoms with Crippen LogP contribution in [0, 0.1) is 0 Å². The lowest BCUT2D eigenvalue weighted by atomic mass is 10.2. The fraction of sp³-hybridized carbons (Fsp3) is 0.300. The number of hydrogen-bond acceptors (Lipinski definition) is 5. The molecule has 0 aliphatic carbocycles. The first-order chi connectivity index (χ1) is 13.1. The van der Waals surface area contributed by atoms with E-state index in [0.29, 0.717) is 37.6 Å². The molecule has 0 atom stereocenters. The standard InChI is InChI=1S/C20H23N3O4/c1-26-17-9-5-3-7-15(17)21-19(24)20(25)23-13-11-22(12-14-23)16-8-4-6-10-18(16)27-2/h3-10H,11-14H2,1-2H3,(H,21,24). The summed E-state index contributed by atoms with van der Waals surface area (Å²) < 4.78 is 10.6. The average molecular weight is 369 g/mol. The number of anilines is 2. The molecule has 7 heteroatoms. The van der Waals surface area contributed by atoms with Gasteiger partial charge in [-0.1, -0.05) is 24.3 Å². The van der Waals surface area contributed by atoms with Gasteiger partial charge in [-0.25, -0.2) is 0 Å². The summed E-state index contributed by atoms with van der Waals surface area (Å²) in [6.45, 7) is 2.20. The molecule has 0 radical (unpaired) electrons. The molecule has 0 aromatic heterocycles. The number of nitrogens with one attached hydrogen (secondary N) is 1. The summed E-state index contributed by atoms with van der Waals surface area (Å²) in [4.78, 5) is 28.6. The molecule has 27 heavy (non-hydrogen) atoms. The molecule has 0 unspecified atom stereocenters. The van der Waals surface area contributed by atoms with E-state index in [2.05, 4.69) is 10.2 Å². The zero-order chi connectivity index (χ0) is 19.2. The number of ether oxygens (including phenoxy) is 2. The number of carbonyl (C=O) groups excluding carboxylic acids is 2. The summed E-state index contributed by atoms with van der Waals surface area (Å²) in [5.41, 5.74) is 1.47. The topological polar surface area (TPSA) is 71.1 Å². The summed E-state index contributed by atoms with van der Waals surface area (Å²) in [7, 11) is 3.16. The summed E-state index contributed by atoms with van der Waals surface area (Å²) in [6.07, 6.45) is 0. The minimum absolute atomic E-state index is 0.468. The molecule has 2 amide bonds. The first-order valence-electron chi connectivity index (χ1n) is 8.75. The Kier molecular flexibility index (Phi) is 5.80. The van der Waals surface area contributed by atoms with Crippen LogP contribution in [0.3, 0.4) is 0 Å². The summed E-state index contributed by atoms with van der Waals surface area (Å²) >= 11 is 0. The summed E-state index contributed by atoms with van der Waals surface area (Å²) in [5, 5.41) is 2.63. The third-order valence-electron chi connectivity index (χ3n) is 4.54. The summed E-state index contributed by atoms with van der Waals surface area (Å²) in [6, 6.07) is 14.8. The molecular formula is C20H23N3O4. The van der Waals surface area contributed by atoms with Crippen molar-refractivity contribution in [1.82, 2.24) is 4.90 Å². The number of benzene rings is 2. The Morgan fingerprint density at radius 3 is 2.11 bits per heavy atom. The van der Waals surface area contributed by atoms with Crippen molar-refractivity contribution in [2.45, 2.75) is 0 Å². The van der Waals surface area contributed by atoms with Gasteiger partial charge < -0.3 is 24.6 Å². The molecule has 3 rings (SSSR count). The van der Waals surface area contributed by atoms with Gasteiger partial charge in [0.2, 0.25) is 0 Å². The van der Waals surface area contributed by atoms with Crippen molar-refractivity contribution in [2.24, 2.45) is 0 Å². The van der Waals surface area contributed by atoms with Crippen molar-refractivity contribution in [3.8, 4) is 11.5 Å². The van der Waals surface area contributed by atoms with Gasteiger partial charge in [-0.3, -0.25) is 9.59 Å². The van der Waals surface area contributed by atoms with Crippen LogP contribution >= 0.6 is 0 Å². The van der Waals surface area contributed by atoms with Gasteiger partial charge in [-0.15, -0.1) is 0 Å². The fourth-order valence-corrected chi connectivity index (χ4v) is 3.11. The molecule has 1 N–H and O–H groups in total. The van der Waals surface area contributed by atoms with Crippen LogP contribution in [0.4, 0.5) is 11.4 Å². The molecule has 1 saturated heterocycles. The Morgan fingerprint density at radius 1 is 0.852 bits per heavy atom. The van der Waals surface area contributed by atoms with Gasteiger partial charge in [0.15, 0.2) is 0 Å². The largest absolute Gasteiger partial charge is 0.495 e. The van der Waals surface area contributed by atoms with Crippen molar-refractivity contribution >= 4 is 23.2 Å². The average Bonchev–Trinajstić information content (AvgIpc) is 2.73. The Balaban J connectivity index is 1.60. The molecule has 142 valence electrons. The van der Waals surface area contributed by atoms with Crippen LogP contribution in [0.25, 0.3) is 0 Å². The van der Waals surface area contributed by atoms with Crippen LogP contribution in [-0.4, -0.2) is 57.1 Å². The molecule has 2 aromatic carbocycles. The van der Waals surface area contributed by atoms with E-state index in [1.54, 1.807) is 36.3 Å². The molecule has 1 aliphatic rings. The highest BCUT2D eigenvalue weighted by atomic mass is 16.5. The number of para-hydroxylation sites is 4. The van der Waals surface area contributed by atoms with Crippen LogP contribution in [0.5, 0.6) is 11.5 Å². The van der Waals surface area contributed by atoms with E-state index in [1.807, 2.05) is 24.3 Å². The summed E-state index contributed by atoms with van der Waals surface area (Å²) in [5.74, 6) is 0.108. The van der Waals surface area contributed by atoms with Crippen LogP contribution < -0.4 is 19.7 Å². The van der Waals surface area contributed by atoms with E-state index >= 15 is 0 Å². The molecule has 1 heterocycles. The van der Waals surface area contributed by atoms with Gasteiger partial charge in [-0.05, 0) is 24.3 Å². The molecular weight excluding hydrogens is 346 g/mol. The zero-order valence-corrected chi connectivity index (χ0v) is 15.5. The molecule has 7 nitrogen and oxygen atoms in total. The molecule has 1 aliphatic heterocycles. The van der Waals surface area contributed by atoms with Crippen molar-refractivity contribution in [3.63, 3.8) is 0 Å². The third kappa shape index (κ3) is 4.13. The first-order valence-corrected chi connectivity index (χ1v) is 8.75. The highest BCUT2D eigenvalue weighted by Gasteiger charge is 2.27. The number of hydrogen-bond donors (Lipinski definition) is 1. The number of methoxy groups -OCH3 is 2. The lowest BCUT2D eigenvalue weighted by Gasteiger charge is -2.36. The number of carbonyl (C=O) groups is 2. The van der Waals surface area contributed by atoms with Gasteiger partial charge in [-0.2, -0.15) is 0 Å². The SMILES string of the molecule is COc1ccccc1NC(=O)C(=O)N1CCN(c2ccccc2OC)CC1. The maximum atomic E-state index is 12.5. The van der Waals surface area contributed by atoms with Crippen molar-refractivity contribution in [3.05, 3.63) is 48.5 Å². The third-order valence-corrected chi connectivity index (χ3v) is 4.54.